The van der Waals surface area contributed by atoms with Gasteiger partial charge < -0.3 is 10.2 Å². The molecule has 6 heteroatoms. The highest BCUT2D eigenvalue weighted by molar-refractivity contribution is 6.02. The summed E-state index contributed by atoms with van der Waals surface area (Å²) in [6.07, 6.45) is 4.52. The van der Waals surface area contributed by atoms with Crippen LogP contribution in [0.2, 0.25) is 0 Å². The SMILES string of the molecule is O=C(NCCCN1CCCCC1c1ccccc1)c1ccc2c(c1)C(=O)N(Cc1cccc(F)c1)C2. The van der Waals surface area contributed by atoms with Crippen LogP contribution in [-0.2, 0) is 13.1 Å². The first-order valence-electron chi connectivity index (χ1n) is 12.8. The molecule has 2 aliphatic heterocycles. The van der Waals surface area contributed by atoms with Gasteiger partial charge in [-0.25, -0.2) is 4.39 Å². The quantitative estimate of drug-likeness (QED) is 0.439. The summed E-state index contributed by atoms with van der Waals surface area (Å²) in [5.74, 6) is -0.597. The maximum absolute atomic E-state index is 13.5. The molecule has 1 saturated heterocycles. The average Bonchev–Trinajstić information content (AvgIpc) is 3.21. The summed E-state index contributed by atoms with van der Waals surface area (Å²) >= 11 is 0. The molecule has 1 fully saturated rings. The number of piperidine rings is 1. The lowest BCUT2D eigenvalue weighted by Crippen LogP contribution is -2.36. The fourth-order valence-electron chi connectivity index (χ4n) is 5.38. The number of carbonyl (C=O) groups excluding carboxylic acids is 2. The number of halogens is 1. The third-order valence-corrected chi connectivity index (χ3v) is 7.22. The van der Waals surface area contributed by atoms with Crippen molar-refractivity contribution in [1.82, 2.24) is 15.1 Å². The van der Waals surface area contributed by atoms with Crippen LogP contribution < -0.4 is 5.32 Å². The molecule has 0 aromatic heterocycles. The molecule has 2 amide bonds. The van der Waals surface area contributed by atoms with Crippen molar-refractivity contribution >= 4 is 11.8 Å². The molecule has 2 aliphatic rings. The minimum absolute atomic E-state index is 0.124. The van der Waals surface area contributed by atoms with Crippen LogP contribution in [0.3, 0.4) is 0 Å². The number of nitrogens with zero attached hydrogens (tertiary/aromatic N) is 2. The van der Waals surface area contributed by atoms with Crippen LogP contribution in [0.25, 0.3) is 0 Å². The maximum Gasteiger partial charge on any atom is 0.254 e. The number of amides is 2. The van der Waals surface area contributed by atoms with Crippen LogP contribution in [0.1, 0.15) is 69.1 Å². The lowest BCUT2D eigenvalue weighted by Gasteiger charge is -2.36. The van der Waals surface area contributed by atoms with Gasteiger partial charge in [0.2, 0.25) is 0 Å². The van der Waals surface area contributed by atoms with Crippen molar-refractivity contribution in [2.45, 2.75) is 44.8 Å². The van der Waals surface area contributed by atoms with E-state index in [1.165, 1.54) is 37.0 Å². The van der Waals surface area contributed by atoms with Gasteiger partial charge in [0.1, 0.15) is 5.82 Å². The van der Waals surface area contributed by atoms with Gasteiger partial charge >= 0.3 is 0 Å². The topological polar surface area (TPSA) is 52.7 Å². The normalized spacial score (nSPS) is 17.8. The number of carbonyl (C=O) groups is 2. The molecular weight excluding hydrogens is 453 g/mol. The highest BCUT2D eigenvalue weighted by atomic mass is 19.1. The Hall–Kier alpha value is -3.51. The van der Waals surface area contributed by atoms with Gasteiger partial charge in [0.15, 0.2) is 0 Å². The minimum Gasteiger partial charge on any atom is -0.352 e. The van der Waals surface area contributed by atoms with Crippen molar-refractivity contribution in [1.29, 1.82) is 0 Å². The smallest absolute Gasteiger partial charge is 0.254 e. The number of hydrogen-bond donors (Lipinski definition) is 1. The van der Waals surface area contributed by atoms with Crippen molar-refractivity contribution < 1.29 is 14.0 Å². The molecule has 0 bridgehead atoms. The molecule has 3 aromatic rings. The Balaban J connectivity index is 1.14. The molecule has 5 nitrogen and oxygen atoms in total. The lowest BCUT2D eigenvalue weighted by molar-refractivity contribution is 0.0766. The summed E-state index contributed by atoms with van der Waals surface area (Å²) in [5, 5.41) is 3.02. The number of nitrogens with one attached hydrogen (secondary N) is 1. The Morgan fingerprint density at radius 3 is 2.69 bits per heavy atom. The second kappa shape index (κ2) is 11.0. The molecule has 0 aliphatic carbocycles. The predicted octanol–water partition coefficient (Wildman–Crippen LogP) is 5.33. The third-order valence-electron chi connectivity index (χ3n) is 7.22. The van der Waals surface area contributed by atoms with Crippen LogP contribution in [0.5, 0.6) is 0 Å². The van der Waals surface area contributed by atoms with E-state index in [1.54, 1.807) is 23.1 Å². The first kappa shape index (κ1) is 24.2. The number of likely N-dealkylation sites (tertiary alicyclic amines) is 1. The molecule has 1 atom stereocenters. The van der Waals surface area contributed by atoms with E-state index < -0.39 is 0 Å². The summed E-state index contributed by atoms with van der Waals surface area (Å²) in [6.45, 7) is 3.43. The second-order valence-corrected chi connectivity index (χ2v) is 9.73. The van der Waals surface area contributed by atoms with Crippen LogP contribution in [0.4, 0.5) is 4.39 Å². The van der Waals surface area contributed by atoms with Crippen LogP contribution in [0, 0.1) is 5.82 Å². The molecule has 0 saturated carbocycles. The Labute approximate surface area is 211 Å². The average molecular weight is 486 g/mol. The molecule has 5 rings (SSSR count). The van der Waals surface area contributed by atoms with Gasteiger partial charge in [-0.3, -0.25) is 14.5 Å². The zero-order chi connectivity index (χ0) is 24.9. The van der Waals surface area contributed by atoms with Gasteiger partial charge in [-0.05, 0) is 66.8 Å². The number of hydrogen-bond acceptors (Lipinski definition) is 3. The molecule has 0 spiro atoms. The monoisotopic (exact) mass is 485 g/mol. The highest BCUT2D eigenvalue weighted by Crippen LogP contribution is 2.30. The standard InChI is InChI=1S/C30H32FN3O2/c31-26-11-6-8-22(18-26)20-34-21-25-14-13-24(19-27(25)30(34)36)29(35)32-15-7-17-33-16-5-4-12-28(33)23-9-2-1-3-10-23/h1-3,6,8-11,13-14,18-19,28H,4-5,7,12,15-17,20-21H2,(H,32,35). The maximum atomic E-state index is 13.5. The highest BCUT2D eigenvalue weighted by Gasteiger charge is 2.28. The number of fused-ring (bicyclic) bond motifs is 1. The third kappa shape index (κ3) is 5.49. The summed E-state index contributed by atoms with van der Waals surface area (Å²) < 4.78 is 13.5. The van der Waals surface area contributed by atoms with Crippen molar-refractivity contribution in [3.8, 4) is 0 Å². The zero-order valence-corrected chi connectivity index (χ0v) is 20.5. The molecule has 3 aromatic carbocycles. The summed E-state index contributed by atoms with van der Waals surface area (Å²) in [7, 11) is 0. The zero-order valence-electron chi connectivity index (χ0n) is 20.5. The number of benzene rings is 3. The van der Waals surface area contributed by atoms with Crippen molar-refractivity contribution in [3.63, 3.8) is 0 Å². The predicted molar refractivity (Wildman–Crippen MR) is 138 cm³/mol. The Bertz CT molecular complexity index is 1230. The van der Waals surface area contributed by atoms with Crippen LogP contribution >= 0.6 is 0 Å². The summed E-state index contributed by atoms with van der Waals surface area (Å²) in [6, 6.07) is 22.7. The van der Waals surface area contributed by atoms with E-state index >= 15 is 0 Å². The second-order valence-electron chi connectivity index (χ2n) is 9.73. The molecule has 36 heavy (non-hydrogen) atoms. The fourth-order valence-corrected chi connectivity index (χ4v) is 5.38. The van der Waals surface area contributed by atoms with E-state index in [0.29, 0.717) is 36.8 Å². The summed E-state index contributed by atoms with van der Waals surface area (Å²) in [4.78, 5) is 30.0. The van der Waals surface area contributed by atoms with E-state index in [-0.39, 0.29) is 17.6 Å². The molecule has 0 radical (unpaired) electrons. The van der Waals surface area contributed by atoms with Gasteiger partial charge in [0.05, 0.1) is 0 Å². The molecular formula is C30H32FN3O2. The van der Waals surface area contributed by atoms with E-state index in [2.05, 4.69) is 40.5 Å². The molecule has 186 valence electrons. The van der Waals surface area contributed by atoms with Crippen molar-refractivity contribution in [2.24, 2.45) is 0 Å². The Morgan fingerprint density at radius 1 is 1.00 bits per heavy atom. The Morgan fingerprint density at radius 2 is 1.86 bits per heavy atom. The summed E-state index contributed by atoms with van der Waals surface area (Å²) in [5.41, 5.74) is 4.06. The van der Waals surface area contributed by atoms with Gasteiger partial charge in [0, 0.05) is 43.3 Å². The first-order valence-corrected chi connectivity index (χ1v) is 12.8. The van der Waals surface area contributed by atoms with Crippen LogP contribution in [0.15, 0.2) is 72.8 Å². The largest absolute Gasteiger partial charge is 0.352 e. The molecule has 1 unspecified atom stereocenters. The minimum atomic E-state index is -0.313. The van der Waals surface area contributed by atoms with Crippen molar-refractivity contribution in [2.75, 3.05) is 19.6 Å². The first-order chi connectivity index (χ1) is 17.6. The van der Waals surface area contributed by atoms with Crippen molar-refractivity contribution in [3.05, 3.63) is 106 Å². The van der Waals surface area contributed by atoms with E-state index in [9.17, 15) is 14.0 Å². The lowest BCUT2D eigenvalue weighted by atomic mass is 9.95. The van der Waals surface area contributed by atoms with E-state index in [0.717, 1.165) is 30.6 Å². The van der Waals surface area contributed by atoms with E-state index in [4.69, 9.17) is 0 Å². The Kier molecular flexibility index (Phi) is 7.42. The number of rotatable bonds is 8. The van der Waals surface area contributed by atoms with Gasteiger partial charge in [-0.2, -0.15) is 0 Å². The van der Waals surface area contributed by atoms with Gasteiger partial charge in [0.25, 0.3) is 11.8 Å². The van der Waals surface area contributed by atoms with Gasteiger partial charge in [-0.1, -0.05) is 55.0 Å². The van der Waals surface area contributed by atoms with E-state index in [1.807, 2.05) is 12.1 Å². The molecule has 1 N–H and O–H groups in total. The fraction of sp³-hybridized carbons (Fsp3) is 0.333. The van der Waals surface area contributed by atoms with Gasteiger partial charge in [-0.15, -0.1) is 0 Å². The van der Waals surface area contributed by atoms with Crippen LogP contribution in [-0.4, -0.2) is 41.2 Å². The molecule has 2 heterocycles.